The fraction of sp³-hybridized carbons (Fsp3) is 0.250. The van der Waals surface area contributed by atoms with Crippen molar-refractivity contribution in [1.29, 1.82) is 0 Å². The Balaban J connectivity index is 2.05. The molecule has 0 fully saturated rings. The second kappa shape index (κ2) is 9.87. The number of rotatable bonds is 8. The predicted molar refractivity (Wildman–Crippen MR) is 107 cm³/mol. The summed E-state index contributed by atoms with van der Waals surface area (Å²) in [5.41, 5.74) is 1.44. The molecule has 1 amide bonds. The lowest BCUT2D eigenvalue weighted by Gasteiger charge is -2.12. The number of carbonyl (C=O) groups is 1. The van der Waals surface area contributed by atoms with Crippen LogP contribution < -0.4 is 19.5 Å². The second-order valence-electron chi connectivity index (χ2n) is 5.43. The Labute approximate surface area is 162 Å². The van der Waals surface area contributed by atoms with E-state index in [1.165, 1.54) is 6.08 Å². The molecular formula is C20H22BrNO4. The topological polar surface area (TPSA) is 56.8 Å². The van der Waals surface area contributed by atoms with Gasteiger partial charge in [0.15, 0.2) is 0 Å². The minimum absolute atomic E-state index is 0.265. The van der Waals surface area contributed by atoms with E-state index in [0.717, 1.165) is 22.2 Å². The van der Waals surface area contributed by atoms with Crippen LogP contribution in [0.15, 0.2) is 46.9 Å². The Hall–Kier alpha value is -2.47. The van der Waals surface area contributed by atoms with E-state index >= 15 is 0 Å². The highest BCUT2D eigenvalue weighted by molar-refractivity contribution is 9.10. The summed E-state index contributed by atoms with van der Waals surface area (Å²) in [6, 6.07) is 11.0. The number of nitrogens with one attached hydrogen (secondary N) is 1. The molecule has 2 aromatic carbocycles. The van der Waals surface area contributed by atoms with Crippen LogP contribution in [-0.2, 0) is 4.79 Å². The first-order valence-electron chi connectivity index (χ1n) is 8.20. The molecular weight excluding hydrogens is 398 g/mol. The average molecular weight is 420 g/mol. The molecule has 0 aliphatic carbocycles. The lowest BCUT2D eigenvalue weighted by molar-refractivity contribution is -0.111. The van der Waals surface area contributed by atoms with E-state index in [1.54, 1.807) is 32.4 Å². The third-order valence-corrected chi connectivity index (χ3v) is 4.13. The number of amides is 1. The fourth-order valence-electron chi connectivity index (χ4n) is 2.20. The van der Waals surface area contributed by atoms with Gasteiger partial charge in [-0.3, -0.25) is 4.79 Å². The van der Waals surface area contributed by atoms with Gasteiger partial charge in [0.1, 0.15) is 17.2 Å². The summed E-state index contributed by atoms with van der Waals surface area (Å²) < 4.78 is 16.8. The molecule has 2 rings (SSSR count). The zero-order chi connectivity index (χ0) is 18.9. The number of anilines is 1. The molecule has 0 aliphatic heterocycles. The highest BCUT2D eigenvalue weighted by Crippen LogP contribution is 2.36. The lowest BCUT2D eigenvalue weighted by Crippen LogP contribution is -2.09. The quantitative estimate of drug-likeness (QED) is 0.617. The normalized spacial score (nSPS) is 10.6. The summed E-state index contributed by atoms with van der Waals surface area (Å²) in [5, 5.41) is 2.80. The van der Waals surface area contributed by atoms with Gasteiger partial charge in [0.2, 0.25) is 5.91 Å². The van der Waals surface area contributed by atoms with E-state index < -0.39 is 0 Å². The third-order valence-electron chi connectivity index (χ3n) is 3.51. The van der Waals surface area contributed by atoms with E-state index in [4.69, 9.17) is 14.2 Å². The van der Waals surface area contributed by atoms with E-state index in [0.29, 0.717) is 23.8 Å². The molecule has 2 aromatic rings. The average Bonchev–Trinajstić information content (AvgIpc) is 2.66. The van der Waals surface area contributed by atoms with Crippen LogP contribution in [0.4, 0.5) is 5.69 Å². The molecule has 0 aliphatic rings. The second-order valence-corrected chi connectivity index (χ2v) is 6.28. The molecule has 5 nitrogen and oxygen atoms in total. The van der Waals surface area contributed by atoms with Gasteiger partial charge in [0, 0.05) is 18.2 Å². The van der Waals surface area contributed by atoms with E-state index in [-0.39, 0.29) is 5.91 Å². The molecule has 6 heteroatoms. The van der Waals surface area contributed by atoms with Crippen molar-refractivity contribution in [3.8, 4) is 17.2 Å². The van der Waals surface area contributed by atoms with Crippen molar-refractivity contribution < 1.29 is 19.0 Å². The van der Waals surface area contributed by atoms with E-state index in [1.807, 2.05) is 24.3 Å². The van der Waals surface area contributed by atoms with Crippen molar-refractivity contribution in [2.24, 2.45) is 0 Å². The van der Waals surface area contributed by atoms with Crippen LogP contribution in [0.3, 0.4) is 0 Å². The van der Waals surface area contributed by atoms with E-state index in [9.17, 15) is 4.79 Å². The minimum atomic E-state index is -0.265. The summed E-state index contributed by atoms with van der Waals surface area (Å²) in [4.78, 5) is 12.2. The van der Waals surface area contributed by atoms with Crippen LogP contribution >= 0.6 is 15.9 Å². The monoisotopic (exact) mass is 419 g/mol. The standard InChI is InChI=1S/C20H22BrNO4/c1-4-11-26-15-8-5-14(6-9-15)7-10-20(23)22-17-13-18(24-2)16(21)12-19(17)25-3/h5-10,12-13H,4,11H2,1-3H3,(H,22,23)/b10-7+. The molecule has 0 saturated heterocycles. The SMILES string of the molecule is CCCOc1ccc(/C=C/C(=O)Nc2cc(OC)c(Br)cc2OC)cc1. The summed E-state index contributed by atoms with van der Waals surface area (Å²) in [5.74, 6) is 1.70. The molecule has 0 aromatic heterocycles. The third kappa shape index (κ3) is 5.52. The first kappa shape index (κ1) is 19.8. The fourth-order valence-corrected chi connectivity index (χ4v) is 2.68. The van der Waals surface area contributed by atoms with Crippen LogP contribution in [0.1, 0.15) is 18.9 Å². The zero-order valence-corrected chi connectivity index (χ0v) is 16.6. The maximum atomic E-state index is 12.2. The molecule has 1 N–H and O–H groups in total. The molecule has 138 valence electrons. The first-order valence-corrected chi connectivity index (χ1v) is 9.00. The van der Waals surface area contributed by atoms with Crippen molar-refractivity contribution in [2.45, 2.75) is 13.3 Å². The van der Waals surface area contributed by atoms with Crippen molar-refractivity contribution in [3.63, 3.8) is 0 Å². The largest absolute Gasteiger partial charge is 0.495 e. The van der Waals surface area contributed by atoms with Crippen molar-refractivity contribution in [3.05, 3.63) is 52.5 Å². The van der Waals surface area contributed by atoms with Crippen LogP contribution in [-0.4, -0.2) is 26.7 Å². The number of methoxy groups -OCH3 is 2. The Morgan fingerprint density at radius 2 is 1.81 bits per heavy atom. The van der Waals surface area contributed by atoms with Gasteiger partial charge in [-0.15, -0.1) is 0 Å². The smallest absolute Gasteiger partial charge is 0.248 e. The Morgan fingerprint density at radius 3 is 2.42 bits per heavy atom. The molecule has 26 heavy (non-hydrogen) atoms. The van der Waals surface area contributed by atoms with E-state index in [2.05, 4.69) is 28.2 Å². The summed E-state index contributed by atoms with van der Waals surface area (Å²) >= 11 is 3.39. The Morgan fingerprint density at radius 1 is 1.12 bits per heavy atom. The molecule has 0 saturated carbocycles. The van der Waals surface area contributed by atoms with Crippen molar-refractivity contribution in [1.82, 2.24) is 0 Å². The van der Waals surface area contributed by atoms with Crippen LogP contribution in [0, 0.1) is 0 Å². The highest BCUT2D eigenvalue weighted by atomic mass is 79.9. The van der Waals surface area contributed by atoms with Gasteiger partial charge in [0.25, 0.3) is 0 Å². The highest BCUT2D eigenvalue weighted by Gasteiger charge is 2.11. The summed E-state index contributed by atoms with van der Waals surface area (Å²) in [6.07, 6.45) is 4.17. The molecule has 0 radical (unpaired) electrons. The van der Waals surface area contributed by atoms with Crippen molar-refractivity contribution >= 4 is 33.6 Å². The predicted octanol–water partition coefficient (Wildman–Crippen LogP) is 4.91. The number of carbonyl (C=O) groups excluding carboxylic acids is 1. The van der Waals surface area contributed by atoms with Crippen molar-refractivity contribution in [2.75, 3.05) is 26.1 Å². The van der Waals surface area contributed by atoms with Crippen LogP contribution in [0.5, 0.6) is 17.2 Å². The summed E-state index contributed by atoms with van der Waals surface area (Å²) in [7, 11) is 3.11. The lowest BCUT2D eigenvalue weighted by atomic mass is 10.2. The maximum Gasteiger partial charge on any atom is 0.248 e. The molecule has 0 atom stereocenters. The summed E-state index contributed by atoms with van der Waals surface area (Å²) in [6.45, 7) is 2.75. The number of ether oxygens (including phenoxy) is 3. The van der Waals surface area contributed by atoms with Gasteiger partial charge < -0.3 is 19.5 Å². The number of halogens is 1. The maximum absolute atomic E-state index is 12.2. The Kier molecular flexibility index (Phi) is 7.53. The zero-order valence-electron chi connectivity index (χ0n) is 15.0. The van der Waals surface area contributed by atoms with Gasteiger partial charge in [-0.1, -0.05) is 19.1 Å². The Bertz CT molecular complexity index is 772. The van der Waals surface area contributed by atoms with Gasteiger partial charge in [-0.05, 0) is 46.1 Å². The molecule has 0 spiro atoms. The minimum Gasteiger partial charge on any atom is -0.495 e. The molecule has 0 unspecified atom stereocenters. The molecule has 0 bridgehead atoms. The van der Waals surface area contributed by atoms with Gasteiger partial charge in [-0.2, -0.15) is 0 Å². The van der Waals surface area contributed by atoms with Gasteiger partial charge in [-0.25, -0.2) is 0 Å². The molecule has 0 heterocycles. The van der Waals surface area contributed by atoms with Crippen LogP contribution in [0.25, 0.3) is 6.08 Å². The number of hydrogen-bond acceptors (Lipinski definition) is 4. The van der Waals surface area contributed by atoms with Crippen LogP contribution in [0.2, 0.25) is 0 Å². The van der Waals surface area contributed by atoms with Gasteiger partial charge >= 0.3 is 0 Å². The number of benzene rings is 2. The number of hydrogen-bond donors (Lipinski definition) is 1. The van der Waals surface area contributed by atoms with Gasteiger partial charge in [0.05, 0.1) is 31.0 Å². The first-order chi connectivity index (χ1) is 12.6.